The number of anilines is 1. The number of ether oxygens (including phenoxy) is 1. The molecule has 0 atom stereocenters. The summed E-state index contributed by atoms with van der Waals surface area (Å²) in [6.45, 7) is 0.645. The quantitative estimate of drug-likeness (QED) is 0.622. The molecule has 0 heterocycles. The molecule has 2 rings (SSSR count). The van der Waals surface area contributed by atoms with Crippen molar-refractivity contribution < 1.29 is 14.3 Å². The second-order valence-corrected chi connectivity index (χ2v) is 5.02. The van der Waals surface area contributed by atoms with Crippen LogP contribution in [0.5, 0.6) is 5.75 Å². The molecule has 6 heteroatoms. The van der Waals surface area contributed by atoms with E-state index in [1.807, 2.05) is 12.1 Å². The van der Waals surface area contributed by atoms with Gasteiger partial charge in [0.1, 0.15) is 5.75 Å². The van der Waals surface area contributed by atoms with Crippen molar-refractivity contribution in [2.24, 2.45) is 0 Å². The molecule has 1 aromatic carbocycles. The molecule has 114 valence electrons. The van der Waals surface area contributed by atoms with Crippen LogP contribution in [0.4, 0.5) is 5.69 Å². The summed E-state index contributed by atoms with van der Waals surface area (Å²) in [5.74, 6) is 0.492. The Kier molecular flexibility index (Phi) is 5.57. The largest absolute Gasteiger partial charge is 0.495 e. The highest BCUT2D eigenvalue weighted by molar-refractivity contribution is 5.93. The van der Waals surface area contributed by atoms with Gasteiger partial charge in [-0.25, -0.2) is 0 Å². The lowest BCUT2D eigenvalue weighted by molar-refractivity contribution is -0.121. The molecule has 1 aliphatic rings. The van der Waals surface area contributed by atoms with Crippen molar-refractivity contribution in [3.05, 3.63) is 24.3 Å². The maximum Gasteiger partial charge on any atom is 0.238 e. The Morgan fingerprint density at radius 3 is 2.71 bits per heavy atom. The number of nitrogens with one attached hydrogen (secondary N) is 3. The van der Waals surface area contributed by atoms with Crippen LogP contribution in [-0.2, 0) is 9.59 Å². The van der Waals surface area contributed by atoms with Gasteiger partial charge in [-0.2, -0.15) is 0 Å². The zero-order valence-corrected chi connectivity index (χ0v) is 12.1. The molecule has 3 N–H and O–H groups in total. The Hall–Kier alpha value is -2.08. The van der Waals surface area contributed by atoms with Crippen molar-refractivity contribution in [3.8, 4) is 5.75 Å². The van der Waals surface area contributed by atoms with Gasteiger partial charge in [-0.3, -0.25) is 9.59 Å². The molecule has 0 aliphatic heterocycles. The lowest BCUT2D eigenvalue weighted by Gasteiger charge is -2.10. The Morgan fingerprint density at radius 2 is 2.00 bits per heavy atom. The summed E-state index contributed by atoms with van der Waals surface area (Å²) in [5.41, 5.74) is 0.637. The maximum atomic E-state index is 11.8. The van der Waals surface area contributed by atoms with Gasteiger partial charge >= 0.3 is 0 Å². The third-order valence-corrected chi connectivity index (χ3v) is 3.14. The Bertz CT molecular complexity index is 501. The summed E-state index contributed by atoms with van der Waals surface area (Å²) in [7, 11) is 1.56. The monoisotopic (exact) mass is 291 g/mol. The van der Waals surface area contributed by atoms with Gasteiger partial charge in [-0.1, -0.05) is 12.1 Å². The Labute approximate surface area is 124 Å². The summed E-state index contributed by atoms with van der Waals surface area (Å²) in [6.07, 6.45) is 2.55. The lowest BCUT2D eigenvalue weighted by atomic mass is 10.3. The van der Waals surface area contributed by atoms with E-state index < -0.39 is 0 Å². The second kappa shape index (κ2) is 7.64. The van der Waals surface area contributed by atoms with Crippen LogP contribution in [0, 0.1) is 0 Å². The first-order valence-corrected chi connectivity index (χ1v) is 7.12. The summed E-state index contributed by atoms with van der Waals surface area (Å²) >= 11 is 0. The fourth-order valence-electron chi connectivity index (χ4n) is 1.87. The molecule has 1 fully saturated rings. The number of para-hydroxylation sites is 2. The second-order valence-electron chi connectivity index (χ2n) is 5.02. The molecule has 0 saturated heterocycles. The average molecular weight is 291 g/mol. The van der Waals surface area contributed by atoms with Crippen LogP contribution in [0.2, 0.25) is 0 Å². The van der Waals surface area contributed by atoms with Gasteiger partial charge in [-0.05, 0) is 25.0 Å². The van der Waals surface area contributed by atoms with Crippen molar-refractivity contribution in [3.63, 3.8) is 0 Å². The molecule has 2 amide bonds. The molecular weight excluding hydrogens is 270 g/mol. The summed E-state index contributed by atoms with van der Waals surface area (Å²) < 4.78 is 5.16. The molecule has 1 saturated carbocycles. The van der Waals surface area contributed by atoms with E-state index in [9.17, 15) is 9.59 Å². The van der Waals surface area contributed by atoms with Crippen molar-refractivity contribution in [1.29, 1.82) is 0 Å². The van der Waals surface area contributed by atoms with E-state index in [4.69, 9.17) is 4.74 Å². The summed E-state index contributed by atoms with van der Waals surface area (Å²) in [5, 5.41) is 8.62. The standard InChI is InChI=1S/C15H21N3O3/c1-21-13-5-3-2-4-12(13)18-15(20)10-16-9-8-14(19)17-11-6-7-11/h2-5,11,16H,6-10H2,1H3,(H,17,19)(H,18,20). The van der Waals surface area contributed by atoms with E-state index >= 15 is 0 Å². The predicted octanol–water partition coefficient (Wildman–Crippen LogP) is 0.892. The molecule has 1 aromatic rings. The minimum Gasteiger partial charge on any atom is -0.495 e. The lowest BCUT2D eigenvalue weighted by Crippen LogP contribution is -2.33. The van der Waals surface area contributed by atoms with Crippen LogP contribution in [0.15, 0.2) is 24.3 Å². The first-order valence-electron chi connectivity index (χ1n) is 7.12. The van der Waals surface area contributed by atoms with Crippen molar-refractivity contribution in [2.45, 2.75) is 25.3 Å². The fourth-order valence-corrected chi connectivity index (χ4v) is 1.87. The van der Waals surface area contributed by atoms with E-state index in [-0.39, 0.29) is 18.4 Å². The molecule has 0 aromatic heterocycles. The first-order chi connectivity index (χ1) is 10.2. The van der Waals surface area contributed by atoms with Gasteiger partial charge in [0, 0.05) is 19.0 Å². The highest BCUT2D eigenvalue weighted by atomic mass is 16.5. The van der Waals surface area contributed by atoms with Crippen LogP contribution in [0.3, 0.4) is 0 Å². The van der Waals surface area contributed by atoms with Gasteiger partial charge in [-0.15, -0.1) is 0 Å². The van der Waals surface area contributed by atoms with E-state index in [1.165, 1.54) is 0 Å². The third kappa shape index (κ3) is 5.43. The number of amides is 2. The summed E-state index contributed by atoms with van der Waals surface area (Å²) in [4.78, 5) is 23.2. The van der Waals surface area contributed by atoms with E-state index in [1.54, 1.807) is 19.2 Å². The maximum absolute atomic E-state index is 11.8. The molecule has 6 nitrogen and oxygen atoms in total. The van der Waals surface area contributed by atoms with E-state index in [2.05, 4.69) is 16.0 Å². The number of hydrogen-bond donors (Lipinski definition) is 3. The van der Waals surface area contributed by atoms with Crippen LogP contribution in [-0.4, -0.2) is 38.1 Å². The zero-order chi connectivity index (χ0) is 15.1. The normalized spacial score (nSPS) is 13.6. The molecule has 21 heavy (non-hydrogen) atoms. The number of rotatable bonds is 8. The molecule has 0 unspecified atom stereocenters. The highest BCUT2D eigenvalue weighted by Crippen LogP contribution is 2.22. The fraction of sp³-hybridized carbons (Fsp3) is 0.467. The van der Waals surface area contributed by atoms with Gasteiger partial charge in [0.2, 0.25) is 11.8 Å². The van der Waals surface area contributed by atoms with Crippen LogP contribution < -0.4 is 20.7 Å². The molecular formula is C15H21N3O3. The van der Waals surface area contributed by atoms with Crippen LogP contribution >= 0.6 is 0 Å². The smallest absolute Gasteiger partial charge is 0.238 e. The van der Waals surface area contributed by atoms with E-state index in [0.717, 1.165) is 12.8 Å². The Morgan fingerprint density at radius 1 is 1.24 bits per heavy atom. The molecule has 0 radical (unpaired) electrons. The molecule has 1 aliphatic carbocycles. The van der Waals surface area contributed by atoms with Crippen molar-refractivity contribution in [1.82, 2.24) is 10.6 Å². The van der Waals surface area contributed by atoms with E-state index in [0.29, 0.717) is 30.4 Å². The van der Waals surface area contributed by atoms with Crippen LogP contribution in [0.25, 0.3) is 0 Å². The Balaban J connectivity index is 1.63. The average Bonchev–Trinajstić information content (AvgIpc) is 3.28. The third-order valence-electron chi connectivity index (χ3n) is 3.14. The zero-order valence-electron chi connectivity index (χ0n) is 12.1. The SMILES string of the molecule is COc1ccccc1NC(=O)CNCCC(=O)NC1CC1. The molecule has 0 spiro atoms. The topological polar surface area (TPSA) is 79.5 Å². The van der Waals surface area contributed by atoms with Gasteiger partial charge in [0.25, 0.3) is 0 Å². The number of carbonyl (C=O) groups is 2. The minimum atomic E-state index is -0.165. The predicted molar refractivity (Wildman–Crippen MR) is 80.3 cm³/mol. The van der Waals surface area contributed by atoms with Gasteiger partial charge in [0.15, 0.2) is 0 Å². The van der Waals surface area contributed by atoms with Crippen LogP contribution in [0.1, 0.15) is 19.3 Å². The number of benzene rings is 1. The number of carbonyl (C=O) groups excluding carboxylic acids is 2. The van der Waals surface area contributed by atoms with Gasteiger partial charge in [0.05, 0.1) is 19.3 Å². The molecule has 0 bridgehead atoms. The number of methoxy groups -OCH3 is 1. The number of hydrogen-bond acceptors (Lipinski definition) is 4. The van der Waals surface area contributed by atoms with Gasteiger partial charge < -0.3 is 20.7 Å². The summed E-state index contributed by atoms with van der Waals surface area (Å²) in [6, 6.07) is 7.61. The highest BCUT2D eigenvalue weighted by Gasteiger charge is 2.22. The first kappa shape index (κ1) is 15.3. The van der Waals surface area contributed by atoms with Crippen molar-refractivity contribution in [2.75, 3.05) is 25.5 Å². The van der Waals surface area contributed by atoms with Crippen molar-refractivity contribution >= 4 is 17.5 Å². The minimum absolute atomic E-state index is 0.0372.